The third kappa shape index (κ3) is 5.09. The molecular formula is C24H33N5O2. The van der Waals surface area contributed by atoms with Crippen LogP contribution in [0.1, 0.15) is 56.9 Å². The van der Waals surface area contributed by atoms with Crippen molar-refractivity contribution in [1.82, 2.24) is 14.9 Å². The molecule has 7 heteroatoms. The Balaban J connectivity index is 1.34. The standard InChI is InChI=1S/C24H33N5O2/c1-16-6-8-18(9-7-16)23(30)29-12-10-17(11-13-29)21-15-26-24(28-22(21)25)27-19-4-3-5-20(14-19)31-2/h3-5,14-18H,6-13H2,1-2H3,(H3,25,26,27,28). The van der Waals surface area contributed by atoms with Crippen molar-refractivity contribution < 1.29 is 9.53 Å². The lowest BCUT2D eigenvalue weighted by atomic mass is 9.81. The second kappa shape index (κ2) is 9.54. The van der Waals surface area contributed by atoms with E-state index in [2.05, 4.69) is 27.1 Å². The molecule has 2 heterocycles. The number of amides is 1. The van der Waals surface area contributed by atoms with Gasteiger partial charge in [-0.25, -0.2) is 4.98 Å². The molecule has 1 aromatic carbocycles. The van der Waals surface area contributed by atoms with Crippen molar-refractivity contribution in [2.75, 3.05) is 31.2 Å². The van der Waals surface area contributed by atoms with Gasteiger partial charge in [-0.2, -0.15) is 4.98 Å². The average molecular weight is 424 g/mol. The van der Waals surface area contributed by atoms with Gasteiger partial charge in [-0.15, -0.1) is 0 Å². The number of nitrogens with two attached hydrogens (primary N) is 1. The first-order valence-electron chi connectivity index (χ1n) is 11.4. The molecule has 2 fully saturated rings. The Bertz CT molecular complexity index is 903. The molecule has 1 aliphatic heterocycles. The van der Waals surface area contributed by atoms with Gasteiger partial charge in [0.1, 0.15) is 11.6 Å². The smallest absolute Gasteiger partial charge is 0.229 e. The Kier molecular flexibility index (Phi) is 6.59. The lowest BCUT2D eigenvalue weighted by Crippen LogP contribution is -2.42. The van der Waals surface area contributed by atoms with E-state index in [-0.39, 0.29) is 5.92 Å². The summed E-state index contributed by atoms with van der Waals surface area (Å²) in [6, 6.07) is 7.60. The van der Waals surface area contributed by atoms with Crippen molar-refractivity contribution in [1.29, 1.82) is 0 Å². The summed E-state index contributed by atoms with van der Waals surface area (Å²) in [7, 11) is 1.64. The SMILES string of the molecule is COc1cccc(Nc2ncc(C3CCN(C(=O)C4CCC(C)CC4)CC3)c(N)n2)c1. The molecular weight excluding hydrogens is 390 g/mol. The molecule has 0 atom stereocenters. The number of piperidine rings is 1. The quantitative estimate of drug-likeness (QED) is 0.743. The summed E-state index contributed by atoms with van der Waals surface area (Å²) in [5.74, 6) is 3.37. The highest BCUT2D eigenvalue weighted by atomic mass is 16.5. The van der Waals surface area contributed by atoms with E-state index >= 15 is 0 Å². The van der Waals surface area contributed by atoms with Crippen molar-refractivity contribution in [2.24, 2.45) is 11.8 Å². The number of ether oxygens (including phenoxy) is 1. The van der Waals surface area contributed by atoms with E-state index in [9.17, 15) is 4.79 Å². The number of anilines is 3. The molecule has 0 spiro atoms. The molecule has 1 aromatic heterocycles. The molecule has 0 bridgehead atoms. The van der Waals surface area contributed by atoms with Crippen LogP contribution < -0.4 is 15.8 Å². The first-order valence-corrected chi connectivity index (χ1v) is 11.4. The monoisotopic (exact) mass is 423 g/mol. The van der Waals surface area contributed by atoms with Crippen LogP contribution in [0.3, 0.4) is 0 Å². The van der Waals surface area contributed by atoms with Crippen LogP contribution in [0.15, 0.2) is 30.5 Å². The summed E-state index contributed by atoms with van der Waals surface area (Å²) >= 11 is 0. The third-order valence-corrected chi connectivity index (χ3v) is 6.79. The van der Waals surface area contributed by atoms with Crippen LogP contribution in [-0.2, 0) is 4.79 Å². The molecule has 1 saturated heterocycles. The first kappa shape index (κ1) is 21.4. The van der Waals surface area contributed by atoms with Gasteiger partial charge in [0.25, 0.3) is 0 Å². The number of aromatic nitrogens is 2. The van der Waals surface area contributed by atoms with Crippen LogP contribution in [0.25, 0.3) is 0 Å². The maximum absolute atomic E-state index is 12.9. The summed E-state index contributed by atoms with van der Waals surface area (Å²) in [5, 5.41) is 3.18. The normalized spacial score (nSPS) is 22.2. The fraction of sp³-hybridized carbons (Fsp3) is 0.542. The Labute approximate surface area is 184 Å². The van der Waals surface area contributed by atoms with Gasteiger partial charge in [-0.05, 0) is 62.5 Å². The second-order valence-electron chi connectivity index (χ2n) is 8.95. The van der Waals surface area contributed by atoms with E-state index in [4.69, 9.17) is 10.5 Å². The molecule has 4 rings (SSSR count). The number of hydrogen-bond acceptors (Lipinski definition) is 6. The van der Waals surface area contributed by atoms with Crippen molar-refractivity contribution in [3.8, 4) is 5.75 Å². The van der Waals surface area contributed by atoms with Gasteiger partial charge in [0, 0.05) is 42.5 Å². The largest absolute Gasteiger partial charge is 0.497 e. The number of hydrogen-bond donors (Lipinski definition) is 2. The zero-order chi connectivity index (χ0) is 21.8. The van der Waals surface area contributed by atoms with Crippen LogP contribution in [0.5, 0.6) is 5.75 Å². The molecule has 2 aliphatic rings. The fourth-order valence-corrected chi connectivity index (χ4v) is 4.79. The Morgan fingerprint density at radius 3 is 2.58 bits per heavy atom. The summed E-state index contributed by atoms with van der Waals surface area (Å²) in [6.45, 7) is 3.87. The van der Waals surface area contributed by atoms with Gasteiger partial charge in [0.05, 0.1) is 7.11 Å². The molecule has 166 valence electrons. The molecule has 1 amide bonds. The van der Waals surface area contributed by atoms with E-state index in [0.29, 0.717) is 23.6 Å². The van der Waals surface area contributed by atoms with Crippen LogP contribution in [0.2, 0.25) is 0 Å². The Morgan fingerprint density at radius 1 is 1.16 bits per heavy atom. The molecule has 0 radical (unpaired) electrons. The second-order valence-corrected chi connectivity index (χ2v) is 8.95. The van der Waals surface area contributed by atoms with E-state index < -0.39 is 0 Å². The van der Waals surface area contributed by atoms with Crippen LogP contribution in [0, 0.1) is 11.8 Å². The summed E-state index contributed by atoms with van der Waals surface area (Å²) in [5.41, 5.74) is 8.11. The summed E-state index contributed by atoms with van der Waals surface area (Å²) in [4.78, 5) is 23.9. The maximum atomic E-state index is 12.9. The summed E-state index contributed by atoms with van der Waals surface area (Å²) in [6.07, 6.45) is 8.09. The van der Waals surface area contributed by atoms with Gasteiger partial charge in [0.15, 0.2) is 0 Å². The van der Waals surface area contributed by atoms with E-state index in [1.807, 2.05) is 30.5 Å². The highest BCUT2D eigenvalue weighted by Gasteiger charge is 2.31. The average Bonchev–Trinajstić information content (AvgIpc) is 2.79. The Hall–Kier alpha value is -2.83. The maximum Gasteiger partial charge on any atom is 0.229 e. The number of nitrogens with zero attached hydrogens (tertiary/aromatic N) is 3. The minimum atomic E-state index is 0.225. The zero-order valence-electron chi connectivity index (χ0n) is 18.5. The molecule has 0 unspecified atom stereocenters. The molecule has 2 aromatic rings. The topological polar surface area (TPSA) is 93.4 Å². The minimum Gasteiger partial charge on any atom is -0.497 e. The number of nitrogen functional groups attached to an aromatic ring is 1. The van der Waals surface area contributed by atoms with Crippen molar-refractivity contribution in [3.05, 3.63) is 36.0 Å². The van der Waals surface area contributed by atoms with Crippen molar-refractivity contribution in [2.45, 2.75) is 51.4 Å². The number of methoxy groups -OCH3 is 1. The Morgan fingerprint density at radius 2 is 1.90 bits per heavy atom. The number of rotatable bonds is 5. The number of likely N-dealkylation sites (tertiary alicyclic amines) is 1. The van der Waals surface area contributed by atoms with Crippen LogP contribution in [-0.4, -0.2) is 41.0 Å². The lowest BCUT2D eigenvalue weighted by molar-refractivity contribution is -0.137. The van der Waals surface area contributed by atoms with Crippen molar-refractivity contribution in [3.63, 3.8) is 0 Å². The number of carbonyl (C=O) groups is 1. The van der Waals surface area contributed by atoms with Crippen LogP contribution >= 0.6 is 0 Å². The predicted molar refractivity (Wildman–Crippen MR) is 122 cm³/mol. The predicted octanol–water partition coefficient (Wildman–Crippen LogP) is 4.34. The van der Waals surface area contributed by atoms with Crippen molar-refractivity contribution >= 4 is 23.4 Å². The zero-order valence-corrected chi connectivity index (χ0v) is 18.5. The number of benzene rings is 1. The molecule has 31 heavy (non-hydrogen) atoms. The first-order chi connectivity index (χ1) is 15.0. The van der Waals surface area contributed by atoms with Gasteiger partial charge in [-0.1, -0.05) is 13.0 Å². The minimum absolute atomic E-state index is 0.225. The fourth-order valence-electron chi connectivity index (χ4n) is 4.79. The van der Waals surface area contributed by atoms with Gasteiger partial charge >= 0.3 is 0 Å². The third-order valence-electron chi connectivity index (χ3n) is 6.79. The van der Waals surface area contributed by atoms with Crippen LogP contribution in [0.4, 0.5) is 17.5 Å². The van der Waals surface area contributed by atoms with Gasteiger partial charge in [0.2, 0.25) is 11.9 Å². The van der Waals surface area contributed by atoms with E-state index in [1.54, 1.807) is 7.11 Å². The number of nitrogens with one attached hydrogen (secondary N) is 1. The molecule has 1 aliphatic carbocycles. The van der Waals surface area contributed by atoms with Gasteiger partial charge < -0.3 is 20.7 Å². The number of carbonyl (C=O) groups excluding carboxylic acids is 1. The lowest BCUT2D eigenvalue weighted by Gasteiger charge is -2.36. The molecule has 3 N–H and O–H groups in total. The highest BCUT2D eigenvalue weighted by Crippen LogP contribution is 2.34. The summed E-state index contributed by atoms with van der Waals surface area (Å²) < 4.78 is 5.25. The van der Waals surface area contributed by atoms with E-state index in [1.165, 1.54) is 12.8 Å². The highest BCUT2D eigenvalue weighted by molar-refractivity contribution is 5.79. The van der Waals surface area contributed by atoms with Gasteiger partial charge in [-0.3, -0.25) is 4.79 Å². The van der Waals surface area contributed by atoms with E-state index in [0.717, 1.165) is 61.7 Å². The molecule has 7 nitrogen and oxygen atoms in total. The molecule has 1 saturated carbocycles.